The number of halogens is 2. The number of carbonyl (C=O) groups is 2. The Hall–Kier alpha value is -3.00. The van der Waals surface area contributed by atoms with Crippen molar-refractivity contribution in [3.8, 4) is 17.2 Å². The molecule has 0 atom stereocenters. The molecule has 172 valence electrons. The molecule has 0 aromatic heterocycles. The number of carbonyl (C=O) groups excluding carboxylic acids is 2. The summed E-state index contributed by atoms with van der Waals surface area (Å²) >= 11 is 6.01. The van der Waals surface area contributed by atoms with E-state index in [-0.39, 0.29) is 22.4 Å². The fourth-order valence-corrected chi connectivity index (χ4v) is 3.93. The highest BCUT2D eigenvalue weighted by Crippen LogP contribution is 2.38. The van der Waals surface area contributed by atoms with Gasteiger partial charge in [0.25, 0.3) is 5.91 Å². The summed E-state index contributed by atoms with van der Waals surface area (Å²) in [6.07, 6.45) is 0.830. The normalized spacial score (nSPS) is 13.7. The maximum absolute atomic E-state index is 13.2. The molecule has 1 heterocycles. The van der Waals surface area contributed by atoms with Crippen LogP contribution in [0.15, 0.2) is 30.3 Å². The second-order valence-corrected chi connectivity index (χ2v) is 7.74. The SMILES string of the molecule is COc1cc(CCC(=O)N2CCN(C(=O)c3ccc(F)cc3Cl)CC2)cc(OC)c1OC. The van der Waals surface area contributed by atoms with Gasteiger partial charge in [0.15, 0.2) is 11.5 Å². The molecule has 0 unspecified atom stereocenters. The fraction of sp³-hybridized carbons (Fsp3) is 0.391. The summed E-state index contributed by atoms with van der Waals surface area (Å²) < 4.78 is 29.3. The average Bonchev–Trinajstić information content (AvgIpc) is 2.81. The number of aryl methyl sites for hydroxylation is 1. The van der Waals surface area contributed by atoms with E-state index in [4.69, 9.17) is 25.8 Å². The fourth-order valence-electron chi connectivity index (χ4n) is 3.68. The van der Waals surface area contributed by atoms with Gasteiger partial charge in [0.2, 0.25) is 11.7 Å². The Kier molecular flexibility index (Phi) is 7.80. The summed E-state index contributed by atoms with van der Waals surface area (Å²) in [5.74, 6) is 0.841. The zero-order valence-electron chi connectivity index (χ0n) is 18.3. The third-order valence-electron chi connectivity index (χ3n) is 5.43. The van der Waals surface area contributed by atoms with Crippen LogP contribution in [-0.4, -0.2) is 69.1 Å². The predicted molar refractivity (Wildman–Crippen MR) is 118 cm³/mol. The molecule has 1 saturated heterocycles. The minimum Gasteiger partial charge on any atom is -0.493 e. The Bertz CT molecular complexity index is 967. The smallest absolute Gasteiger partial charge is 0.255 e. The quantitative estimate of drug-likeness (QED) is 0.628. The minimum atomic E-state index is -0.492. The molecule has 0 aliphatic carbocycles. The summed E-state index contributed by atoms with van der Waals surface area (Å²) in [6.45, 7) is 1.64. The Labute approximate surface area is 191 Å². The van der Waals surface area contributed by atoms with Crippen molar-refractivity contribution >= 4 is 23.4 Å². The van der Waals surface area contributed by atoms with Crippen LogP contribution < -0.4 is 14.2 Å². The van der Waals surface area contributed by atoms with Crippen LogP contribution in [0.2, 0.25) is 5.02 Å². The zero-order valence-corrected chi connectivity index (χ0v) is 19.1. The number of rotatable bonds is 7. The highest BCUT2D eigenvalue weighted by molar-refractivity contribution is 6.33. The molecular formula is C23H26ClFN2O5. The van der Waals surface area contributed by atoms with Crippen molar-refractivity contribution in [3.05, 3.63) is 52.3 Å². The maximum atomic E-state index is 13.2. The lowest BCUT2D eigenvalue weighted by atomic mass is 10.1. The molecule has 3 rings (SSSR count). The van der Waals surface area contributed by atoms with Crippen LogP contribution in [0.4, 0.5) is 4.39 Å². The lowest BCUT2D eigenvalue weighted by molar-refractivity contribution is -0.132. The number of hydrogen-bond donors (Lipinski definition) is 0. The first-order valence-corrected chi connectivity index (χ1v) is 10.6. The molecule has 0 N–H and O–H groups in total. The lowest BCUT2D eigenvalue weighted by Crippen LogP contribution is -2.50. The van der Waals surface area contributed by atoms with Gasteiger partial charge in [0.1, 0.15) is 5.82 Å². The van der Waals surface area contributed by atoms with Crippen molar-refractivity contribution in [2.75, 3.05) is 47.5 Å². The Morgan fingerprint density at radius 3 is 2.06 bits per heavy atom. The molecule has 9 heteroatoms. The van der Waals surface area contributed by atoms with E-state index in [1.54, 1.807) is 24.0 Å². The van der Waals surface area contributed by atoms with Crippen LogP contribution in [0.25, 0.3) is 0 Å². The zero-order chi connectivity index (χ0) is 23.3. The summed E-state index contributed by atoms with van der Waals surface area (Å²) in [5.41, 5.74) is 1.16. The number of nitrogens with zero attached hydrogens (tertiary/aromatic N) is 2. The summed E-state index contributed by atoms with van der Waals surface area (Å²) in [7, 11) is 4.64. The number of amides is 2. The van der Waals surface area contributed by atoms with E-state index in [0.717, 1.165) is 11.6 Å². The van der Waals surface area contributed by atoms with Crippen LogP contribution in [0.3, 0.4) is 0 Å². The van der Waals surface area contributed by atoms with E-state index in [9.17, 15) is 14.0 Å². The first kappa shape index (κ1) is 23.7. The van der Waals surface area contributed by atoms with Gasteiger partial charge in [-0.15, -0.1) is 0 Å². The summed E-state index contributed by atoms with van der Waals surface area (Å²) in [5, 5.41) is 0.0823. The van der Waals surface area contributed by atoms with E-state index >= 15 is 0 Å². The standard InChI is InChI=1S/C23H26ClFN2O5/c1-30-19-12-15(13-20(31-2)22(19)32-3)4-7-21(28)26-8-10-27(11-9-26)23(29)17-6-5-16(25)14-18(17)24/h5-6,12-14H,4,7-11H2,1-3H3. The van der Waals surface area contributed by atoms with Crippen LogP contribution in [0.1, 0.15) is 22.3 Å². The molecule has 2 aromatic carbocycles. The molecule has 0 radical (unpaired) electrons. The highest BCUT2D eigenvalue weighted by atomic mass is 35.5. The molecule has 0 saturated carbocycles. The van der Waals surface area contributed by atoms with Crippen LogP contribution in [-0.2, 0) is 11.2 Å². The average molecular weight is 465 g/mol. The number of ether oxygens (including phenoxy) is 3. The largest absolute Gasteiger partial charge is 0.493 e. The second kappa shape index (κ2) is 10.5. The van der Waals surface area contributed by atoms with Crippen molar-refractivity contribution in [2.45, 2.75) is 12.8 Å². The Morgan fingerprint density at radius 1 is 0.938 bits per heavy atom. The van der Waals surface area contributed by atoms with Crippen molar-refractivity contribution < 1.29 is 28.2 Å². The number of methoxy groups -OCH3 is 3. The van der Waals surface area contributed by atoms with Crippen molar-refractivity contribution in [1.29, 1.82) is 0 Å². The summed E-state index contributed by atoms with van der Waals surface area (Å²) in [6, 6.07) is 7.38. The van der Waals surface area contributed by atoms with Gasteiger partial charge in [-0.25, -0.2) is 4.39 Å². The van der Waals surface area contributed by atoms with E-state index in [0.29, 0.717) is 56.3 Å². The van der Waals surface area contributed by atoms with Crippen molar-refractivity contribution in [1.82, 2.24) is 9.80 Å². The van der Waals surface area contributed by atoms with E-state index in [1.165, 1.54) is 19.2 Å². The minimum absolute atomic E-state index is 0.00525. The molecule has 7 nitrogen and oxygen atoms in total. The molecule has 2 amide bonds. The molecule has 1 fully saturated rings. The molecule has 2 aromatic rings. The topological polar surface area (TPSA) is 68.3 Å². The Morgan fingerprint density at radius 2 is 1.53 bits per heavy atom. The van der Waals surface area contributed by atoms with E-state index in [1.807, 2.05) is 12.1 Å². The third-order valence-corrected chi connectivity index (χ3v) is 5.75. The molecular weight excluding hydrogens is 439 g/mol. The number of piperazine rings is 1. The molecule has 1 aliphatic rings. The van der Waals surface area contributed by atoms with Crippen LogP contribution in [0.5, 0.6) is 17.2 Å². The van der Waals surface area contributed by atoms with Gasteiger partial charge in [-0.05, 0) is 42.3 Å². The maximum Gasteiger partial charge on any atom is 0.255 e. The first-order valence-electron chi connectivity index (χ1n) is 10.2. The van der Waals surface area contributed by atoms with Gasteiger partial charge in [-0.1, -0.05) is 11.6 Å². The number of benzene rings is 2. The summed E-state index contributed by atoms with van der Waals surface area (Å²) in [4.78, 5) is 28.8. The van der Waals surface area contributed by atoms with E-state index in [2.05, 4.69) is 0 Å². The second-order valence-electron chi connectivity index (χ2n) is 7.33. The monoisotopic (exact) mass is 464 g/mol. The van der Waals surface area contributed by atoms with Crippen LogP contribution in [0, 0.1) is 5.82 Å². The van der Waals surface area contributed by atoms with Gasteiger partial charge >= 0.3 is 0 Å². The van der Waals surface area contributed by atoms with Gasteiger partial charge in [0, 0.05) is 32.6 Å². The van der Waals surface area contributed by atoms with Gasteiger partial charge < -0.3 is 24.0 Å². The molecule has 0 spiro atoms. The van der Waals surface area contributed by atoms with Gasteiger partial charge in [-0.2, -0.15) is 0 Å². The number of hydrogen-bond acceptors (Lipinski definition) is 5. The molecule has 0 bridgehead atoms. The van der Waals surface area contributed by atoms with Crippen molar-refractivity contribution in [2.24, 2.45) is 0 Å². The third kappa shape index (κ3) is 5.24. The van der Waals surface area contributed by atoms with Gasteiger partial charge in [-0.3, -0.25) is 9.59 Å². The first-order chi connectivity index (χ1) is 15.4. The molecule has 1 aliphatic heterocycles. The Balaban J connectivity index is 1.56. The van der Waals surface area contributed by atoms with Gasteiger partial charge in [0.05, 0.1) is 31.9 Å². The van der Waals surface area contributed by atoms with E-state index < -0.39 is 5.82 Å². The lowest BCUT2D eigenvalue weighted by Gasteiger charge is -2.35. The predicted octanol–water partition coefficient (Wildman–Crippen LogP) is 3.42. The highest BCUT2D eigenvalue weighted by Gasteiger charge is 2.26. The van der Waals surface area contributed by atoms with Crippen molar-refractivity contribution in [3.63, 3.8) is 0 Å². The van der Waals surface area contributed by atoms with Crippen LogP contribution >= 0.6 is 11.6 Å². The molecule has 32 heavy (non-hydrogen) atoms.